The Balaban J connectivity index is 3.52. The third-order valence-electron chi connectivity index (χ3n) is 10.4. The first kappa shape index (κ1) is 60.6. The van der Waals surface area contributed by atoms with Crippen molar-refractivity contribution in [2.24, 2.45) is 40.5 Å². The number of nitrogens with one attached hydrogen (secondary N) is 7. The Morgan fingerprint density at radius 1 is 0.600 bits per heavy atom. The van der Waals surface area contributed by atoms with Gasteiger partial charge in [0.25, 0.3) is 0 Å². The summed E-state index contributed by atoms with van der Waals surface area (Å²) in [5, 5.41) is 26.4. The van der Waals surface area contributed by atoms with Crippen molar-refractivity contribution in [1.82, 2.24) is 42.1 Å². The number of phenols is 1. The van der Waals surface area contributed by atoms with Gasteiger partial charge in [-0.2, -0.15) is 0 Å². The second-order valence-electron chi connectivity index (χ2n) is 17.2. The van der Waals surface area contributed by atoms with Crippen LogP contribution in [-0.4, -0.2) is 144 Å². The second-order valence-corrected chi connectivity index (χ2v) is 17.2. The zero-order valence-electron chi connectivity index (χ0n) is 40.1. The summed E-state index contributed by atoms with van der Waals surface area (Å²) in [6, 6.07) is -1.54. The minimum absolute atomic E-state index is 0.0125. The average molecular weight is 990 g/mol. The fourth-order valence-corrected chi connectivity index (χ4v) is 6.54. The Hall–Kier alpha value is -7.38. The van der Waals surface area contributed by atoms with Crippen LogP contribution in [0.4, 0.5) is 0 Å². The molecule has 18 N–H and O–H groups in total. The second kappa shape index (κ2) is 31.6. The van der Waals surface area contributed by atoms with E-state index in [9.17, 15) is 62.6 Å². The number of primary amides is 4. The summed E-state index contributed by atoms with van der Waals surface area (Å²) in [6.45, 7) is 5.09. The molecule has 0 saturated carbocycles. The highest BCUT2D eigenvalue weighted by atomic mass is 16.3. The molecular formula is C44H71N13O13. The Labute approximate surface area is 405 Å². The summed E-state index contributed by atoms with van der Waals surface area (Å²) in [7, 11) is 0. The Morgan fingerprint density at radius 2 is 1.19 bits per heavy atom. The zero-order valence-corrected chi connectivity index (χ0v) is 40.1. The van der Waals surface area contributed by atoms with E-state index < -0.39 is 140 Å². The fourth-order valence-electron chi connectivity index (χ4n) is 6.54. The van der Waals surface area contributed by atoms with E-state index in [0.717, 1.165) is 4.90 Å². The molecule has 6 atom stereocenters. The smallest absolute Gasteiger partial charge is 0.245 e. The molecule has 12 amide bonds. The van der Waals surface area contributed by atoms with Crippen molar-refractivity contribution in [3.8, 4) is 5.75 Å². The third kappa shape index (κ3) is 25.1. The molecule has 26 heteroatoms. The first-order valence-electron chi connectivity index (χ1n) is 22.8. The van der Waals surface area contributed by atoms with Crippen LogP contribution in [0.25, 0.3) is 0 Å². The monoisotopic (exact) mass is 990 g/mol. The lowest BCUT2D eigenvalue weighted by atomic mass is 10.0. The number of carbonyl (C=O) groups excluding carboxylic acids is 12. The lowest BCUT2D eigenvalue weighted by Gasteiger charge is -2.30. The number of aromatic hydroxyl groups is 1. The van der Waals surface area contributed by atoms with E-state index in [1.807, 2.05) is 6.92 Å². The highest BCUT2D eigenvalue weighted by molar-refractivity contribution is 5.98. The van der Waals surface area contributed by atoms with Gasteiger partial charge in [0.15, 0.2) is 0 Å². The van der Waals surface area contributed by atoms with Crippen LogP contribution in [0.3, 0.4) is 0 Å². The number of hydrogen-bond acceptors (Lipinski definition) is 14. The van der Waals surface area contributed by atoms with Crippen LogP contribution in [0.2, 0.25) is 0 Å². The van der Waals surface area contributed by atoms with E-state index in [2.05, 4.69) is 37.2 Å². The molecule has 0 radical (unpaired) electrons. The van der Waals surface area contributed by atoms with E-state index >= 15 is 0 Å². The summed E-state index contributed by atoms with van der Waals surface area (Å²) in [5.74, 6) is -10.8. The minimum Gasteiger partial charge on any atom is -0.508 e. The van der Waals surface area contributed by atoms with Crippen LogP contribution in [0.1, 0.15) is 91.0 Å². The van der Waals surface area contributed by atoms with Crippen molar-refractivity contribution in [3.05, 3.63) is 29.8 Å². The van der Waals surface area contributed by atoms with Gasteiger partial charge in [0.1, 0.15) is 36.0 Å². The molecule has 1 aromatic carbocycles. The third-order valence-corrected chi connectivity index (χ3v) is 10.4. The molecule has 0 aliphatic carbocycles. The van der Waals surface area contributed by atoms with Crippen LogP contribution in [-0.2, 0) is 64.0 Å². The van der Waals surface area contributed by atoms with Gasteiger partial charge in [0.05, 0.1) is 26.1 Å². The van der Waals surface area contributed by atoms with Gasteiger partial charge in [0.2, 0.25) is 70.9 Å². The lowest BCUT2D eigenvalue weighted by Crippen LogP contribution is -2.59. The molecule has 0 heterocycles. The molecule has 1 aromatic rings. The van der Waals surface area contributed by atoms with Crippen molar-refractivity contribution >= 4 is 70.9 Å². The van der Waals surface area contributed by atoms with Crippen LogP contribution < -0.4 is 65.9 Å². The van der Waals surface area contributed by atoms with Gasteiger partial charge in [-0.3, -0.25) is 57.5 Å². The van der Waals surface area contributed by atoms with E-state index in [4.69, 9.17) is 28.7 Å². The standard InChI is InChI=1S/C44H71N13O13/c1-5-25(4)18-37(63)52-28(11-13-33(46)59)42(68)56-32(20-34(47)60)43(69)55-29(12-14-36(62)50-22-38(64)53-30(40(49)66)19-26-7-9-27(58)10-8-26)44(70)57(16-6-15-45)23-39(65)54-31(17-24(2)3)41(67)51-21-35(48)61/h7-10,24-25,28-32,58H,5-6,11-23,45H2,1-4H3,(H2,46,59)(H2,47,60)(H2,48,61)(H2,49,66)(H,50,62)(H,51,67)(H,52,63)(H,53,64)(H,54,65)(H,55,69)(H,56,68)/t25-,28-,29-,30-,31-,32-/m0/s1. The number of phenolic OH excluding ortho intramolecular Hbond substituents is 1. The van der Waals surface area contributed by atoms with Gasteiger partial charge in [-0.1, -0.05) is 46.2 Å². The van der Waals surface area contributed by atoms with Crippen LogP contribution in [0.15, 0.2) is 24.3 Å². The summed E-state index contributed by atoms with van der Waals surface area (Å²) in [6.07, 6.45) is -1.78. The highest BCUT2D eigenvalue weighted by Crippen LogP contribution is 2.13. The molecule has 70 heavy (non-hydrogen) atoms. The SMILES string of the molecule is CC[C@H](C)CC(=O)N[C@@H](CCC(N)=O)C(=O)N[C@@H](CC(N)=O)C(=O)N[C@@H](CCC(=O)NCC(=O)N[C@@H](Cc1ccc(O)cc1)C(N)=O)C(=O)N(CCCN)CC(=O)N[C@@H](CC(C)C)C(=O)NCC(N)=O. The van der Waals surface area contributed by atoms with E-state index in [0.29, 0.717) is 12.0 Å². The van der Waals surface area contributed by atoms with Crippen molar-refractivity contribution < 1.29 is 62.6 Å². The molecule has 26 nitrogen and oxygen atoms in total. The average Bonchev–Trinajstić information content (AvgIpc) is 3.27. The fraction of sp³-hybridized carbons (Fsp3) is 0.591. The Morgan fingerprint density at radius 3 is 1.74 bits per heavy atom. The number of amides is 12. The summed E-state index contributed by atoms with van der Waals surface area (Å²) in [5.41, 5.74) is 27.7. The van der Waals surface area contributed by atoms with Gasteiger partial charge in [0, 0.05) is 32.2 Å². The Kier molecular flexibility index (Phi) is 27.4. The molecule has 0 fully saturated rings. The predicted octanol–water partition coefficient (Wildman–Crippen LogP) is -4.86. The van der Waals surface area contributed by atoms with E-state index in [1.54, 1.807) is 20.8 Å². The number of hydrogen-bond donors (Lipinski definition) is 13. The van der Waals surface area contributed by atoms with Crippen molar-refractivity contribution in [2.75, 3.05) is 32.7 Å². The number of nitrogens with two attached hydrogens (primary N) is 5. The quantitative estimate of drug-likeness (QED) is 0.0308. The number of benzene rings is 1. The number of nitrogens with zero attached hydrogens (tertiary/aromatic N) is 1. The van der Waals surface area contributed by atoms with E-state index in [1.165, 1.54) is 24.3 Å². The summed E-state index contributed by atoms with van der Waals surface area (Å²) < 4.78 is 0. The molecular weight excluding hydrogens is 919 g/mol. The molecule has 0 spiro atoms. The maximum Gasteiger partial charge on any atom is 0.245 e. The molecule has 1 rings (SSSR count). The van der Waals surface area contributed by atoms with E-state index in [-0.39, 0.29) is 69.2 Å². The number of carbonyl (C=O) groups is 12. The summed E-state index contributed by atoms with van der Waals surface area (Å²) >= 11 is 0. The maximum atomic E-state index is 14.4. The predicted molar refractivity (Wildman–Crippen MR) is 251 cm³/mol. The van der Waals surface area contributed by atoms with Crippen LogP contribution in [0.5, 0.6) is 5.75 Å². The molecule has 0 aliphatic heterocycles. The highest BCUT2D eigenvalue weighted by Gasteiger charge is 2.34. The molecule has 390 valence electrons. The molecule has 0 aliphatic rings. The van der Waals surface area contributed by atoms with Gasteiger partial charge in [-0.15, -0.1) is 0 Å². The Bertz CT molecular complexity index is 2000. The molecule has 0 saturated heterocycles. The number of rotatable bonds is 34. The van der Waals surface area contributed by atoms with Gasteiger partial charge in [-0.05, 0) is 61.8 Å². The topological polar surface area (TPSA) is 443 Å². The normalized spacial score (nSPS) is 13.4. The van der Waals surface area contributed by atoms with Gasteiger partial charge in [-0.25, -0.2) is 0 Å². The van der Waals surface area contributed by atoms with Crippen LogP contribution in [0, 0.1) is 11.8 Å². The maximum absolute atomic E-state index is 14.4. The molecule has 0 bridgehead atoms. The van der Waals surface area contributed by atoms with Gasteiger partial charge < -0.3 is 75.9 Å². The van der Waals surface area contributed by atoms with Crippen molar-refractivity contribution in [3.63, 3.8) is 0 Å². The minimum atomic E-state index is -1.81. The lowest BCUT2D eigenvalue weighted by molar-refractivity contribution is -0.141. The van der Waals surface area contributed by atoms with Crippen LogP contribution >= 0.6 is 0 Å². The van der Waals surface area contributed by atoms with Gasteiger partial charge >= 0.3 is 0 Å². The largest absolute Gasteiger partial charge is 0.508 e. The first-order valence-corrected chi connectivity index (χ1v) is 22.8. The summed E-state index contributed by atoms with van der Waals surface area (Å²) in [4.78, 5) is 156. The van der Waals surface area contributed by atoms with Crippen molar-refractivity contribution in [2.45, 2.75) is 122 Å². The first-order chi connectivity index (χ1) is 32.8. The zero-order chi connectivity index (χ0) is 53.1. The molecule has 0 unspecified atom stereocenters. The molecule has 0 aromatic heterocycles. The van der Waals surface area contributed by atoms with Crippen molar-refractivity contribution in [1.29, 1.82) is 0 Å².